The van der Waals surface area contributed by atoms with Crippen molar-refractivity contribution in [2.45, 2.75) is 13.0 Å². The Kier molecular flexibility index (Phi) is 6.60. The highest BCUT2D eigenvalue weighted by Crippen LogP contribution is 2.22. The zero-order valence-electron chi connectivity index (χ0n) is 14.4. The van der Waals surface area contributed by atoms with Crippen molar-refractivity contribution in [3.63, 3.8) is 0 Å². The largest absolute Gasteiger partial charge is 0.493 e. The fraction of sp³-hybridized carbons (Fsp3) is 0.263. The van der Waals surface area contributed by atoms with Gasteiger partial charge in [-0.15, -0.1) is 0 Å². The van der Waals surface area contributed by atoms with E-state index in [1.807, 2.05) is 53.1 Å². The van der Waals surface area contributed by atoms with Crippen LogP contribution in [0.3, 0.4) is 0 Å². The maximum absolute atomic E-state index is 12.3. The first-order valence-corrected chi connectivity index (χ1v) is 9.81. The second-order valence-electron chi connectivity index (χ2n) is 5.56. The molecule has 1 aromatic heterocycles. The molecule has 0 bridgehead atoms. The van der Waals surface area contributed by atoms with E-state index in [1.165, 1.54) is 11.3 Å². The van der Waals surface area contributed by atoms with Crippen LogP contribution in [0.25, 0.3) is 10.2 Å². The minimum absolute atomic E-state index is 0.197. The molecule has 0 unspecified atom stereocenters. The summed E-state index contributed by atoms with van der Waals surface area (Å²) in [5.41, 5.74) is 1.04. The zero-order valence-corrected chi connectivity index (χ0v) is 16.8. The summed E-state index contributed by atoms with van der Waals surface area (Å²) in [4.78, 5) is 17.3. The summed E-state index contributed by atoms with van der Waals surface area (Å²) >= 11 is 4.98. The minimum atomic E-state index is -0.197. The fourth-order valence-corrected chi connectivity index (χ4v) is 4.09. The van der Waals surface area contributed by atoms with E-state index in [0.29, 0.717) is 24.6 Å². The van der Waals surface area contributed by atoms with Gasteiger partial charge in [-0.1, -0.05) is 45.5 Å². The van der Waals surface area contributed by atoms with E-state index in [9.17, 15) is 4.79 Å². The summed E-state index contributed by atoms with van der Waals surface area (Å²) in [5, 5.41) is 0. The second-order valence-corrected chi connectivity index (χ2v) is 7.48. The molecule has 0 atom stereocenters. The van der Waals surface area contributed by atoms with E-state index in [4.69, 9.17) is 9.47 Å². The van der Waals surface area contributed by atoms with E-state index >= 15 is 0 Å². The van der Waals surface area contributed by atoms with Crippen LogP contribution in [0.1, 0.15) is 6.42 Å². The molecule has 0 radical (unpaired) electrons. The van der Waals surface area contributed by atoms with Crippen LogP contribution in [0.4, 0.5) is 0 Å². The average Bonchev–Trinajstić information content (AvgIpc) is 2.96. The van der Waals surface area contributed by atoms with Crippen molar-refractivity contribution in [2.75, 3.05) is 20.3 Å². The van der Waals surface area contributed by atoms with Crippen molar-refractivity contribution in [2.24, 2.45) is 4.99 Å². The number of thiazole rings is 1. The number of methoxy groups -OCH3 is 1. The molecule has 0 aliphatic rings. The number of fused-ring (bicyclic) bond motifs is 1. The predicted molar refractivity (Wildman–Crippen MR) is 107 cm³/mol. The number of carbonyl (C=O) groups is 1. The lowest BCUT2D eigenvalue weighted by Gasteiger charge is -2.05. The van der Waals surface area contributed by atoms with Gasteiger partial charge < -0.3 is 14.0 Å². The lowest BCUT2D eigenvalue weighted by molar-refractivity contribution is -0.118. The smallest absolute Gasteiger partial charge is 0.251 e. The van der Waals surface area contributed by atoms with Crippen LogP contribution in [0.15, 0.2) is 58.0 Å². The zero-order chi connectivity index (χ0) is 18.4. The molecule has 0 spiro atoms. The lowest BCUT2D eigenvalue weighted by atomic mass is 10.3. The molecule has 0 fully saturated rings. The highest BCUT2D eigenvalue weighted by Gasteiger charge is 2.09. The van der Waals surface area contributed by atoms with Gasteiger partial charge in [-0.3, -0.25) is 4.79 Å². The molecule has 136 valence electrons. The van der Waals surface area contributed by atoms with E-state index in [0.717, 1.165) is 20.4 Å². The molecule has 5 nitrogen and oxygen atoms in total. The van der Waals surface area contributed by atoms with Crippen molar-refractivity contribution in [3.8, 4) is 5.75 Å². The van der Waals surface area contributed by atoms with Crippen molar-refractivity contribution >= 4 is 43.4 Å². The van der Waals surface area contributed by atoms with Crippen molar-refractivity contribution in [3.05, 3.63) is 57.8 Å². The number of halogens is 1. The molecule has 1 heterocycles. The number of aromatic nitrogens is 1. The predicted octanol–water partition coefficient (Wildman–Crippen LogP) is 4.01. The molecule has 2 aromatic carbocycles. The Morgan fingerprint density at radius 2 is 2.00 bits per heavy atom. The molecule has 26 heavy (non-hydrogen) atoms. The van der Waals surface area contributed by atoms with E-state index in [-0.39, 0.29) is 12.3 Å². The van der Waals surface area contributed by atoms with Crippen LogP contribution >= 0.6 is 27.3 Å². The number of ether oxygens (including phenoxy) is 2. The van der Waals surface area contributed by atoms with Crippen LogP contribution in [-0.4, -0.2) is 30.8 Å². The summed E-state index contributed by atoms with van der Waals surface area (Å²) in [6.07, 6.45) is 0.233. The monoisotopic (exact) mass is 434 g/mol. The maximum Gasteiger partial charge on any atom is 0.251 e. The molecule has 1 amide bonds. The molecule has 0 saturated carbocycles. The van der Waals surface area contributed by atoms with E-state index < -0.39 is 0 Å². The van der Waals surface area contributed by atoms with E-state index in [2.05, 4.69) is 20.9 Å². The van der Waals surface area contributed by atoms with Gasteiger partial charge in [-0.25, -0.2) is 0 Å². The first-order chi connectivity index (χ1) is 12.7. The molecule has 0 N–H and O–H groups in total. The minimum Gasteiger partial charge on any atom is -0.493 e. The van der Waals surface area contributed by atoms with Crippen LogP contribution in [0, 0.1) is 0 Å². The Labute approximate surface area is 164 Å². The van der Waals surface area contributed by atoms with Gasteiger partial charge >= 0.3 is 0 Å². The van der Waals surface area contributed by atoms with Gasteiger partial charge in [0, 0.05) is 18.1 Å². The SMILES string of the molecule is COCCn1c(=NC(=O)CCOc2ccccc2)sc2cc(Br)ccc21. The lowest BCUT2D eigenvalue weighted by Crippen LogP contribution is -2.19. The Bertz CT molecular complexity index is 950. The molecule has 0 saturated heterocycles. The summed E-state index contributed by atoms with van der Waals surface area (Å²) in [6, 6.07) is 15.5. The van der Waals surface area contributed by atoms with Gasteiger partial charge in [0.05, 0.1) is 29.9 Å². The van der Waals surface area contributed by atoms with E-state index in [1.54, 1.807) is 7.11 Å². The average molecular weight is 435 g/mol. The normalized spacial score (nSPS) is 11.8. The maximum atomic E-state index is 12.3. The number of amides is 1. The van der Waals surface area contributed by atoms with Gasteiger partial charge in [-0.05, 0) is 30.3 Å². The third-order valence-electron chi connectivity index (χ3n) is 3.71. The van der Waals surface area contributed by atoms with Crippen molar-refractivity contribution in [1.82, 2.24) is 4.57 Å². The van der Waals surface area contributed by atoms with Gasteiger partial charge in [0.2, 0.25) is 0 Å². The quantitative estimate of drug-likeness (QED) is 0.564. The Hall–Kier alpha value is -1.96. The second kappa shape index (κ2) is 9.12. The van der Waals surface area contributed by atoms with Crippen molar-refractivity contribution in [1.29, 1.82) is 0 Å². The van der Waals surface area contributed by atoms with Gasteiger partial charge in [0.15, 0.2) is 4.80 Å². The molecular weight excluding hydrogens is 416 g/mol. The molecule has 3 rings (SSSR count). The number of carbonyl (C=O) groups excluding carboxylic acids is 1. The summed E-state index contributed by atoms with van der Waals surface area (Å²) in [5.74, 6) is 0.555. The first-order valence-electron chi connectivity index (χ1n) is 8.20. The van der Waals surface area contributed by atoms with Crippen LogP contribution < -0.4 is 9.54 Å². The number of benzene rings is 2. The highest BCUT2D eigenvalue weighted by atomic mass is 79.9. The molecular formula is C19H19BrN2O3S. The summed E-state index contributed by atoms with van der Waals surface area (Å²) < 4.78 is 14.9. The third-order valence-corrected chi connectivity index (χ3v) is 5.25. The Morgan fingerprint density at radius 3 is 2.77 bits per heavy atom. The van der Waals surface area contributed by atoms with Gasteiger partial charge in [-0.2, -0.15) is 4.99 Å². The van der Waals surface area contributed by atoms with Crippen LogP contribution in [0.2, 0.25) is 0 Å². The molecule has 0 aliphatic carbocycles. The topological polar surface area (TPSA) is 52.8 Å². The summed E-state index contributed by atoms with van der Waals surface area (Å²) in [6.45, 7) is 1.51. The Morgan fingerprint density at radius 1 is 1.19 bits per heavy atom. The summed E-state index contributed by atoms with van der Waals surface area (Å²) in [7, 11) is 1.66. The number of hydrogen-bond acceptors (Lipinski definition) is 4. The highest BCUT2D eigenvalue weighted by molar-refractivity contribution is 9.10. The fourth-order valence-electron chi connectivity index (χ4n) is 2.47. The molecule has 7 heteroatoms. The molecule has 3 aromatic rings. The number of nitrogens with zero attached hydrogens (tertiary/aromatic N) is 2. The van der Waals surface area contributed by atoms with Gasteiger partial charge in [0.1, 0.15) is 5.75 Å². The van der Waals surface area contributed by atoms with Gasteiger partial charge in [0.25, 0.3) is 5.91 Å². The van der Waals surface area contributed by atoms with Crippen LogP contribution in [-0.2, 0) is 16.1 Å². The first kappa shape index (κ1) is 18.8. The number of para-hydroxylation sites is 1. The number of hydrogen-bond donors (Lipinski definition) is 0. The standard InChI is InChI=1S/C19H19BrN2O3S/c1-24-12-10-22-16-8-7-14(20)13-17(16)26-19(22)21-18(23)9-11-25-15-5-3-2-4-6-15/h2-8,13H,9-12H2,1H3. The number of rotatable bonds is 7. The van der Waals surface area contributed by atoms with Crippen LogP contribution in [0.5, 0.6) is 5.75 Å². The van der Waals surface area contributed by atoms with Crippen molar-refractivity contribution < 1.29 is 14.3 Å². The Balaban J connectivity index is 1.77. The third kappa shape index (κ3) is 4.81. The molecule has 0 aliphatic heterocycles.